The summed E-state index contributed by atoms with van der Waals surface area (Å²) in [6, 6.07) is 9.65. The second-order valence-corrected chi connectivity index (χ2v) is 8.89. The van der Waals surface area contributed by atoms with Crippen LogP contribution >= 0.6 is 0 Å². The number of nitrogens with zero attached hydrogens (tertiary/aromatic N) is 2. The van der Waals surface area contributed by atoms with Crippen molar-refractivity contribution in [2.45, 2.75) is 78.0 Å². The number of hydrogen-bond donors (Lipinski definition) is 1. The average molecular weight is 444 g/mol. The molecule has 1 aliphatic carbocycles. The Morgan fingerprint density at radius 1 is 1.06 bits per heavy atom. The molecule has 0 bridgehead atoms. The molecule has 3 amide bonds. The van der Waals surface area contributed by atoms with Crippen LogP contribution in [0.5, 0.6) is 0 Å². The third-order valence-corrected chi connectivity index (χ3v) is 5.90. The number of aryl methyl sites for hydroxylation is 1. The van der Waals surface area contributed by atoms with Gasteiger partial charge in [-0.3, -0.25) is 4.79 Å². The van der Waals surface area contributed by atoms with E-state index in [-0.39, 0.29) is 42.9 Å². The van der Waals surface area contributed by atoms with Crippen LogP contribution in [0.4, 0.5) is 9.18 Å². The third kappa shape index (κ3) is 6.84. The topological polar surface area (TPSA) is 65.8 Å². The van der Waals surface area contributed by atoms with Gasteiger partial charge in [-0.15, -0.1) is 0 Å². The second-order valence-electron chi connectivity index (χ2n) is 8.89. The van der Waals surface area contributed by atoms with E-state index in [0.29, 0.717) is 12.3 Å². The number of rotatable bonds is 8. The lowest BCUT2D eigenvalue weighted by molar-refractivity contribution is -0.133. The minimum absolute atomic E-state index is 0.0306. The molecule has 1 saturated carbocycles. The maximum absolute atomic E-state index is 13.3. The molecule has 1 fully saturated rings. The lowest BCUT2D eigenvalue weighted by Crippen LogP contribution is -2.51. The fourth-order valence-corrected chi connectivity index (χ4v) is 4.04. The summed E-state index contributed by atoms with van der Waals surface area (Å²) in [4.78, 5) is 29.5. The SMILES string of the molecule is Cc1ccc(CN(Cc2ccc(F)cc2)C(=O)CN(C(=O)NC2CCCCC2)C(C)C)o1. The summed E-state index contributed by atoms with van der Waals surface area (Å²) in [6.07, 6.45) is 5.43. The number of amides is 3. The summed E-state index contributed by atoms with van der Waals surface area (Å²) in [7, 11) is 0. The Kier molecular flexibility index (Phi) is 8.31. The van der Waals surface area contributed by atoms with Crippen molar-refractivity contribution in [2.24, 2.45) is 0 Å². The Morgan fingerprint density at radius 3 is 2.34 bits per heavy atom. The lowest BCUT2D eigenvalue weighted by atomic mass is 9.96. The van der Waals surface area contributed by atoms with Crippen LogP contribution in [0.3, 0.4) is 0 Å². The molecule has 7 heteroatoms. The molecule has 0 unspecified atom stereocenters. The Labute approximate surface area is 189 Å². The first-order chi connectivity index (χ1) is 15.3. The summed E-state index contributed by atoms with van der Waals surface area (Å²) in [5.41, 5.74) is 0.811. The number of carbonyl (C=O) groups is 2. The predicted molar refractivity (Wildman–Crippen MR) is 121 cm³/mol. The van der Waals surface area contributed by atoms with Crippen molar-refractivity contribution in [2.75, 3.05) is 6.54 Å². The van der Waals surface area contributed by atoms with Crippen LogP contribution in [0.1, 0.15) is 63.0 Å². The molecule has 2 aromatic rings. The molecule has 1 aromatic carbocycles. The van der Waals surface area contributed by atoms with Gasteiger partial charge in [0.1, 0.15) is 23.9 Å². The molecule has 0 radical (unpaired) electrons. The van der Waals surface area contributed by atoms with Crippen LogP contribution in [0, 0.1) is 12.7 Å². The normalized spacial score (nSPS) is 14.4. The molecule has 32 heavy (non-hydrogen) atoms. The Hall–Kier alpha value is -2.83. The van der Waals surface area contributed by atoms with Crippen LogP contribution in [0.25, 0.3) is 0 Å². The van der Waals surface area contributed by atoms with Crippen LogP contribution in [0.15, 0.2) is 40.8 Å². The maximum Gasteiger partial charge on any atom is 0.318 e. The number of carbonyl (C=O) groups excluding carboxylic acids is 2. The van der Waals surface area contributed by atoms with E-state index in [2.05, 4.69) is 5.32 Å². The number of halogens is 1. The predicted octanol–water partition coefficient (Wildman–Crippen LogP) is 5.01. The van der Waals surface area contributed by atoms with E-state index in [1.165, 1.54) is 18.6 Å². The van der Waals surface area contributed by atoms with Crippen molar-refractivity contribution in [3.05, 3.63) is 59.3 Å². The van der Waals surface area contributed by atoms with Crippen molar-refractivity contribution >= 4 is 11.9 Å². The zero-order chi connectivity index (χ0) is 23.1. The van der Waals surface area contributed by atoms with Gasteiger partial charge in [-0.2, -0.15) is 0 Å². The van der Waals surface area contributed by atoms with Crippen LogP contribution in [-0.4, -0.2) is 40.4 Å². The van der Waals surface area contributed by atoms with Gasteiger partial charge in [-0.1, -0.05) is 31.4 Å². The van der Waals surface area contributed by atoms with Gasteiger partial charge in [0.25, 0.3) is 0 Å². The molecule has 174 valence electrons. The highest BCUT2D eigenvalue weighted by molar-refractivity contribution is 5.84. The maximum atomic E-state index is 13.3. The molecule has 1 N–H and O–H groups in total. The van der Waals surface area contributed by atoms with Crippen LogP contribution in [0.2, 0.25) is 0 Å². The zero-order valence-corrected chi connectivity index (χ0v) is 19.3. The number of furan rings is 1. The molecular weight excluding hydrogens is 409 g/mol. The van der Waals surface area contributed by atoms with E-state index in [1.807, 2.05) is 32.9 Å². The first-order valence-corrected chi connectivity index (χ1v) is 11.5. The summed E-state index contributed by atoms with van der Waals surface area (Å²) in [5, 5.41) is 3.11. The van der Waals surface area contributed by atoms with E-state index >= 15 is 0 Å². The van der Waals surface area contributed by atoms with Gasteiger partial charge in [-0.05, 0) is 63.4 Å². The van der Waals surface area contributed by atoms with Gasteiger partial charge < -0.3 is 19.5 Å². The highest BCUT2D eigenvalue weighted by Gasteiger charge is 2.26. The largest absolute Gasteiger partial charge is 0.464 e. The molecule has 0 atom stereocenters. The quantitative estimate of drug-likeness (QED) is 0.624. The standard InChI is InChI=1S/C25H34FN3O3/c1-18(2)29(25(31)27-22-7-5-4-6-8-22)17-24(30)28(16-23-14-9-19(3)32-23)15-20-10-12-21(26)13-11-20/h9-14,18,22H,4-8,15-17H2,1-3H3,(H,27,31). The summed E-state index contributed by atoms with van der Waals surface area (Å²) in [6.45, 7) is 6.22. The molecule has 0 saturated heterocycles. The van der Waals surface area contributed by atoms with Crippen molar-refractivity contribution in [3.63, 3.8) is 0 Å². The van der Waals surface area contributed by atoms with Gasteiger partial charge in [0.15, 0.2) is 0 Å². The fourth-order valence-electron chi connectivity index (χ4n) is 4.04. The first kappa shape index (κ1) is 23.8. The van der Waals surface area contributed by atoms with E-state index in [0.717, 1.165) is 37.0 Å². The van der Waals surface area contributed by atoms with Crippen LogP contribution in [-0.2, 0) is 17.9 Å². The molecule has 1 heterocycles. The molecule has 1 aliphatic rings. The van der Waals surface area contributed by atoms with E-state index < -0.39 is 0 Å². The molecule has 3 rings (SSSR count). The Bertz CT molecular complexity index is 888. The Balaban J connectivity index is 1.71. The fraction of sp³-hybridized carbons (Fsp3) is 0.520. The highest BCUT2D eigenvalue weighted by atomic mass is 19.1. The van der Waals surface area contributed by atoms with Crippen molar-refractivity contribution in [1.29, 1.82) is 0 Å². The number of hydrogen-bond acceptors (Lipinski definition) is 3. The van der Waals surface area contributed by atoms with Gasteiger partial charge in [-0.25, -0.2) is 9.18 Å². The van der Waals surface area contributed by atoms with E-state index in [1.54, 1.807) is 21.9 Å². The smallest absolute Gasteiger partial charge is 0.318 e. The van der Waals surface area contributed by atoms with Gasteiger partial charge in [0.2, 0.25) is 5.91 Å². The van der Waals surface area contributed by atoms with E-state index in [4.69, 9.17) is 4.42 Å². The third-order valence-electron chi connectivity index (χ3n) is 5.90. The molecule has 0 aliphatic heterocycles. The number of nitrogens with one attached hydrogen (secondary N) is 1. The second kappa shape index (κ2) is 11.2. The highest BCUT2D eigenvalue weighted by Crippen LogP contribution is 2.18. The summed E-state index contributed by atoms with van der Waals surface area (Å²) >= 11 is 0. The first-order valence-electron chi connectivity index (χ1n) is 11.5. The summed E-state index contributed by atoms with van der Waals surface area (Å²) < 4.78 is 19.0. The average Bonchev–Trinajstić information content (AvgIpc) is 3.18. The lowest BCUT2D eigenvalue weighted by Gasteiger charge is -2.32. The monoisotopic (exact) mass is 443 g/mol. The Morgan fingerprint density at radius 2 is 1.75 bits per heavy atom. The van der Waals surface area contributed by atoms with Crippen molar-refractivity contribution in [1.82, 2.24) is 15.1 Å². The van der Waals surface area contributed by atoms with Gasteiger partial charge in [0.05, 0.1) is 6.54 Å². The molecule has 6 nitrogen and oxygen atoms in total. The number of urea groups is 1. The van der Waals surface area contributed by atoms with Gasteiger partial charge in [0, 0.05) is 18.6 Å². The minimum Gasteiger partial charge on any atom is -0.464 e. The van der Waals surface area contributed by atoms with Crippen molar-refractivity contribution < 1.29 is 18.4 Å². The zero-order valence-electron chi connectivity index (χ0n) is 19.3. The van der Waals surface area contributed by atoms with E-state index in [9.17, 15) is 14.0 Å². The minimum atomic E-state index is -0.321. The van der Waals surface area contributed by atoms with Crippen molar-refractivity contribution in [3.8, 4) is 0 Å². The number of benzene rings is 1. The van der Waals surface area contributed by atoms with Crippen LogP contribution < -0.4 is 5.32 Å². The van der Waals surface area contributed by atoms with Gasteiger partial charge >= 0.3 is 6.03 Å². The molecule has 1 aromatic heterocycles. The molecule has 0 spiro atoms. The summed E-state index contributed by atoms with van der Waals surface area (Å²) in [5.74, 6) is 0.931. The molecular formula is C25H34FN3O3.